The number of ether oxygens (including phenoxy) is 1. The van der Waals surface area contributed by atoms with Crippen LogP contribution in [0.2, 0.25) is 0 Å². The molecule has 0 saturated carbocycles. The molecule has 2 aromatic carbocycles. The Bertz CT molecular complexity index is 1020. The highest BCUT2D eigenvalue weighted by Crippen LogP contribution is 2.36. The molecule has 0 spiro atoms. The lowest BCUT2D eigenvalue weighted by atomic mass is 9.84. The largest absolute Gasteiger partial charge is 0.461 e. The zero-order chi connectivity index (χ0) is 20.6. The van der Waals surface area contributed by atoms with Crippen LogP contribution in [0.25, 0.3) is 22.1 Å². The normalized spacial score (nSPS) is 15.1. The zero-order valence-corrected chi connectivity index (χ0v) is 17.7. The van der Waals surface area contributed by atoms with Crippen LogP contribution in [0.5, 0.6) is 0 Å². The number of benzene rings is 2. The smallest absolute Gasteiger partial charge is 0.254 e. The SMILES string of the molecule is CCc1cc2cc(-c3ccc(C(=O)N4CCOCC4)cc3)cc(C(C)(C)C)c2o1. The summed E-state index contributed by atoms with van der Waals surface area (Å²) in [5.74, 6) is 1.09. The number of hydrogen-bond donors (Lipinski definition) is 0. The van der Waals surface area contributed by atoms with Gasteiger partial charge in [0, 0.05) is 36.0 Å². The van der Waals surface area contributed by atoms with E-state index in [0.29, 0.717) is 26.3 Å². The monoisotopic (exact) mass is 391 g/mol. The maximum absolute atomic E-state index is 12.7. The van der Waals surface area contributed by atoms with Gasteiger partial charge in [-0.1, -0.05) is 39.8 Å². The lowest BCUT2D eigenvalue weighted by molar-refractivity contribution is 0.0303. The van der Waals surface area contributed by atoms with Crippen molar-refractivity contribution in [1.29, 1.82) is 0 Å². The molecule has 0 aliphatic carbocycles. The first-order chi connectivity index (χ1) is 13.9. The number of fused-ring (bicyclic) bond motifs is 1. The highest BCUT2D eigenvalue weighted by Gasteiger charge is 2.22. The molecule has 4 heteroatoms. The number of furan rings is 1. The zero-order valence-electron chi connectivity index (χ0n) is 17.7. The average molecular weight is 392 g/mol. The molecule has 0 atom stereocenters. The summed E-state index contributed by atoms with van der Waals surface area (Å²) >= 11 is 0. The second-order valence-electron chi connectivity index (χ2n) is 8.74. The molecule has 4 rings (SSSR count). The minimum Gasteiger partial charge on any atom is -0.461 e. The number of aryl methyl sites for hydroxylation is 1. The molecule has 0 radical (unpaired) electrons. The Morgan fingerprint density at radius 2 is 1.69 bits per heavy atom. The van der Waals surface area contributed by atoms with Gasteiger partial charge in [0.1, 0.15) is 11.3 Å². The number of carbonyl (C=O) groups excluding carboxylic acids is 1. The van der Waals surface area contributed by atoms with E-state index in [4.69, 9.17) is 9.15 Å². The molecule has 2 heterocycles. The maximum atomic E-state index is 12.7. The molecule has 1 amide bonds. The van der Waals surface area contributed by atoms with E-state index in [1.165, 1.54) is 5.56 Å². The van der Waals surface area contributed by atoms with Gasteiger partial charge in [-0.25, -0.2) is 0 Å². The number of morpholine rings is 1. The van der Waals surface area contributed by atoms with Crippen LogP contribution in [0, 0.1) is 0 Å². The molecular weight excluding hydrogens is 362 g/mol. The van der Waals surface area contributed by atoms with Gasteiger partial charge in [0.2, 0.25) is 0 Å². The van der Waals surface area contributed by atoms with E-state index in [1.54, 1.807) is 0 Å². The first-order valence-electron chi connectivity index (χ1n) is 10.4. The predicted octanol–water partition coefficient (Wildman–Crippen LogP) is 5.43. The Balaban J connectivity index is 1.70. The van der Waals surface area contributed by atoms with Crippen molar-refractivity contribution < 1.29 is 13.9 Å². The van der Waals surface area contributed by atoms with Gasteiger partial charge in [0.05, 0.1) is 13.2 Å². The summed E-state index contributed by atoms with van der Waals surface area (Å²) in [6.45, 7) is 11.3. The van der Waals surface area contributed by atoms with E-state index in [0.717, 1.165) is 39.8 Å². The van der Waals surface area contributed by atoms with Gasteiger partial charge in [-0.15, -0.1) is 0 Å². The molecule has 1 fully saturated rings. The fraction of sp³-hybridized carbons (Fsp3) is 0.400. The van der Waals surface area contributed by atoms with Gasteiger partial charge in [-0.3, -0.25) is 4.79 Å². The van der Waals surface area contributed by atoms with Gasteiger partial charge in [-0.2, -0.15) is 0 Å². The Kier molecular flexibility index (Phi) is 5.22. The second-order valence-corrected chi connectivity index (χ2v) is 8.74. The summed E-state index contributed by atoms with van der Waals surface area (Å²) in [6.07, 6.45) is 0.881. The van der Waals surface area contributed by atoms with Crippen LogP contribution in [-0.4, -0.2) is 37.1 Å². The first kappa shape index (κ1) is 19.7. The van der Waals surface area contributed by atoms with Gasteiger partial charge < -0.3 is 14.1 Å². The summed E-state index contributed by atoms with van der Waals surface area (Å²) in [6, 6.07) is 14.5. The van der Waals surface area contributed by atoms with Crippen molar-refractivity contribution in [3.8, 4) is 11.1 Å². The van der Waals surface area contributed by atoms with Gasteiger partial charge in [0.15, 0.2) is 0 Å². The van der Waals surface area contributed by atoms with E-state index in [1.807, 2.05) is 29.2 Å². The molecule has 0 unspecified atom stereocenters. The Hall–Kier alpha value is -2.59. The summed E-state index contributed by atoms with van der Waals surface area (Å²) < 4.78 is 11.5. The first-order valence-corrected chi connectivity index (χ1v) is 10.4. The topological polar surface area (TPSA) is 42.7 Å². The van der Waals surface area contributed by atoms with Crippen LogP contribution in [-0.2, 0) is 16.6 Å². The number of nitrogens with zero attached hydrogens (tertiary/aromatic N) is 1. The van der Waals surface area contributed by atoms with Crippen molar-refractivity contribution in [2.45, 2.75) is 39.5 Å². The number of rotatable bonds is 3. The van der Waals surface area contributed by atoms with Crippen LogP contribution in [0.4, 0.5) is 0 Å². The summed E-state index contributed by atoms with van der Waals surface area (Å²) in [4.78, 5) is 14.6. The van der Waals surface area contributed by atoms with Crippen molar-refractivity contribution in [2.75, 3.05) is 26.3 Å². The third kappa shape index (κ3) is 3.95. The molecule has 1 saturated heterocycles. The standard InChI is InChI=1S/C25H29NO3/c1-5-21-15-20-14-19(16-22(23(20)29-21)25(2,3)4)17-6-8-18(9-7-17)24(27)26-10-12-28-13-11-26/h6-9,14-16H,5,10-13H2,1-4H3. The molecule has 1 aliphatic rings. The molecule has 0 bridgehead atoms. The predicted molar refractivity (Wildman–Crippen MR) is 116 cm³/mol. The van der Waals surface area contributed by atoms with Crippen molar-refractivity contribution >= 4 is 16.9 Å². The summed E-state index contributed by atoms with van der Waals surface area (Å²) in [5.41, 5.74) is 5.15. The van der Waals surface area contributed by atoms with Gasteiger partial charge >= 0.3 is 0 Å². The molecule has 29 heavy (non-hydrogen) atoms. The minimum atomic E-state index is -0.0244. The Morgan fingerprint density at radius 3 is 2.31 bits per heavy atom. The highest BCUT2D eigenvalue weighted by atomic mass is 16.5. The Labute approximate surface area is 172 Å². The maximum Gasteiger partial charge on any atom is 0.254 e. The quantitative estimate of drug-likeness (QED) is 0.598. The van der Waals surface area contributed by atoms with Crippen LogP contribution >= 0.6 is 0 Å². The number of carbonyl (C=O) groups is 1. The fourth-order valence-corrected chi connectivity index (χ4v) is 3.86. The van der Waals surface area contributed by atoms with E-state index in [2.05, 4.69) is 45.9 Å². The van der Waals surface area contributed by atoms with Crippen molar-refractivity contribution in [1.82, 2.24) is 4.90 Å². The molecule has 152 valence electrons. The third-order valence-corrected chi connectivity index (χ3v) is 5.59. The van der Waals surface area contributed by atoms with Crippen molar-refractivity contribution in [3.63, 3.8) is 0 Å². The van der Waals surface area contributed by atoms with E-state index in [9.17, 15) is 4.79 Å². The van der Waals surface area contributed by atoms with Crippen LogP contribution in [0.3, 0.4) is 0 Å². The summed E-state index contributed by atoms with van der Waals surface area (Å²) in [5, 5.41) is 1.14. The molecule has 3 aromatic rings. The highest BCUT2D eigenvalue weighted by molar-refractivity contribution is 5.95. The molecule has 1 aromatic heterocycles. The van der Waals surface area contributed by atoms with Crippen LogP contribution < -0.4 is 0 Å². The van der Waals surface area contributed by atoms with Crippen molar-refractivity contribution in [3.05, 3.63) is 59.4 Å². The van der Waals surface area contributed by atoms with Gasteiger partial charge in [-0.05, 0) is 46.9 Å². The van der Waals surface area contributed by atoms with Crippen molar-refractivity contribution in [2.24, 2.45) is 0 Å². The molecule has 1 aliphatic heterocycles. The van der Waals surface area contributed by atoms with E-state index < -0.39 is 0 Å². The average Bonchev–Trinajstić information content (AvgIpc) is 3.15. The molecular formula is C25H29NO3. The number of amides is 1. The van der Waals surface area contributed by atoms with E-state index >= 15 is 0 Å². The summed E-state index contributed by atoms with van der Waals surface area (Å²) in [7, 11) is 0. The lowest BCUT2D eigenvalue weighted by Gasteiger charge is -2.26. The second kappa shape index (κ2) is 7.68. The molecule has 4 nitrogen and oxygen atoms in total. The number of hydrogen-bond acceptors (Lipinski definition) is 3. The Morgan fingerprint density at radius 1 is 1.00 bits per heavy atom. The lowest BCUT2D eigenvalue weighted by Crippen LogP contribution is -2.40. The van der Waals surface area contributed by atoms with E-state index in [-0.39, 0.29) is 11.3 Å². The minimum absolute atomic E-state index is 0.0244. The van der Waals surface area contributed by atoms with Crippen LogP contribution in [0.15, 0.2) is 46.9 Å². The third-order valence-electron chi connectivity index (χ3n) is 5.59. The van der Waals surface area contributed by atoms with Gasteiger partial charge in [0.25, 0.3) is 5.91 Å². The fourth-order valence-electron chi connectivity index (χ4n) is 3.86. The molecule has 0 N–H and O–H groups in total. The van der Waals surface area contributed by atoms with Crippen LogP contribution in [0.1, 0.15) is 49.4 Å².